The topological polar surface area (TPSA) is 0 Å². The van der Waals surface area contributed by atoms with Crippen LogP contribution in [0.25, 0.3) is 0 Å². The van der Waals surface area contributed by atoms with Crippen LogP contribution in [0.1, 0.15) is 40.5 Å². The molecule has 0 aromatic carbocycles. The number of hydrogen-bond donors (Lipinski definition) is 0. The molecule has 0 amide bonds. The van der Waals surface area contributed by atoms with Gasteiger partial charge in [-0.25, -0.2) is 0 Å². The third kappa shape index (κ3) is 2.51. The molecule has 0 heteroatoms. The van der Waals surface area contributed by atoms with Crippen molar-refractivity contribution in [3.8, 4) is 11.8 Å². The molecular formula is C14H20. The fourth-order valence-electron chi connectivity index (χ4n) is 2.05. The number of hydrogen-bond acceptors (Lipinski definition) is 0. The summed E-state index contributed by atoms with van der Waals surface area (Å²) in [6, 6.07) is 0. The van der Waals surface area contributed by atoms with Crippen molar-refractivity contribution in [1.82, 2.24) is 0 Å². The van der Waals surface area contributed by atoms with Crippen LogP contribution in [0, 0.1) is 23.2 Å². The van der Waals surface area contributed by atoms with Gasteiger partial charge in [0, 0.05) is 5.92 Å². The van der Waals surface area contributed by atoms with E-state index in [0.717, 1.165) is 5.57 Å². The van der Waals surface area contributed by atoms with E-state index in [4.69, 9.17) is 0 Å². The number of rotatable bonds is 0. The summed E-state index contributed by atoms with van der Waals surface area (Å²) in [5.74, 6) is 6.87. The van der Waals surface area contributed by atoms with E-state index in [1.807, 2.05) is 6.92 Å². The minimum absolute atomic E-state index is 0.321. The van der Waals surface area contributed by atoms with Crippen LogP contribution in [0.5, 0.6) is 0 Å². The van der Waals surface area contributed by atoms with Crippen molar-refractivity contribution in [2.75, 3.05) is 0 Å². The lowest BCUT2D eigenvalue weighted by Gasteiger charge is -2.35. The van der Waals surface area contributed by atoms with Crippen molar-refractivity contribution >= 4 is 0 Å². The van der Waals surface area contributed by atoms with Gasteiger partial charge in [0.25, 0.3) is 0 Å². The first-order chi connectivity index (χ1) is 6.43. The molecule has 0 aromatic rings. The summed E-state index contributed by atoms with van der Waals surface area (Å²) in [4.78, 5) is 0. The lowest BCUT2D eigenvalue weighted by Crippen LogP contribution is -2.26. The first-order valence-electron chi connectivity index (χ1n) is 5.27. The molecule has 76 valence electrons. The standard InChI is InChI=1S/C14H20/c1-11(2)8-9-13-12(3)7-6-10-14(13,4)5/h7,13H,1,6,10H2,2-5H3. The second-order valence-corrected chi connectivity index (χ2v) is 4.96. The van der Waals surface area contributed by atoms with Gasteiger partial charge < -0.3 is 0 Å². The van der Waals surface area contributed by atoms with Crippen molar-refractivity contribution in [2.24, 2.45) is 11.3 Å². The molecular weight excluding hydrogens is 168 g/mol. The second kappa shape index (κ2) is 4.05. The monoisotopic (exact) mass is 188 g/mol. The fourth-order valence-corrected chi connectivity index (χ4v) is 2.05. The van der Waals surface area contributed by atoms with E-state index in [2.05, 4.69) is 45.3 Å². The highest BCUT2D eigenvalue weighted by Gasteiger charge is 2.31. The Labute approximate surface area is 88.1 Å². The van der Waals surface area contributed by atoms with Crippen LogP contribution in [0.2, 0.25) is 0 Å². The average Bonchev–Trinajstić information content (AvgIpc) is 2.01. The van der Waals surface area contributed by atoms with Crippen molar-refractivity contribution in [2.45, 2.75) is 40.5 Å². The van der Waals surface area contributed by atoms with Crippen LogP contribution in [-0.4, -0.2) is 0 Å². The van der Waals surface area contributed by atoms with Gasteiger partial charge >= 0.3 is 0 Å². The molecule has 1 atom stereocenters. The third-order valence-electron chi connectivity index (χ3n) is 2.92. The molecule has 0 N–H and O–H groups in total. The van der Waals surface area contributed by atoms with Gasteiger partial charge in [-0.05, 0) is 37.7 Å². The lowest BCUT2D eigenvalue weighted by atomic mass is 9.69. The Bertz CT molecular complexity index is 318. The molecule has 0 saturated heterocycles. The largest absolute Gasteiger partial charge is 0.0899 e. The minimum Gasteiger partial charge on any atom is -0.0899 e. The molecule has 1 aliphatic carbocycles. The van der Waals surface area contributed by atoms with Gasteiger partial charge in [-0.1, -0.05) is 43.9 Å². The molecule has 1 aliphatic rings. The Morgan fingerprint density at radius 3 is 2.71 bits per heavy atom. The molecule has 0 aliphatic heterocycles. The van der Waals surface area contributed by atoms with Crippen LogP contribution in [0.3, 0.4) is 0 Å². The highest BCUT2D eigenvalue weighted by atomic mass is 14.3. The maximum Gasteiger partial charge on any atom is 0.0464 e. The van der Waals surface area contributed by atoms with Gasteiger partial charge in [0.15, 0.2) is 0 Å². The summed E-state index contributed by atoms with van der Waals surface area (Å²) in [6.45, 7) is 12.6. The zero-order chi connectivity index (χ0) is 10.8. The molecule has 0 bridgehead atoms. The number of allylic oxidation sites excluding steroid dienone is 3. The zero-order valence-electron chi connectivity index (χ0n) is 9.78. The maximum atomic E-state index is 3.82. The normalized spacial score (nSPS) is 24.6. The summed E-state index contributed by atoms with van der Waals surface area (Å²) in [5.41, 5.74) is 2.70. The van der Waals surface area contributed by atoms with E-state index < -0.39 is 0 Å². The lowest BCUT2D eigenvalue weighted by molar-refractivity contribution is 0.263. The minimum atomic E-state index is 0.321. The molecule has 0 radical (unpaired) electrons. The van der Waals surface area contributed by atoms with Gasteiger partial charge in [0.1, 0.15) is 0 Å². The summed E-state index contributed by atoms with van der Waals surface area (Å²) in [6.07, 6.45) is 4.76. The second-order valence-electron chi connectivity index (χ2n) is 4.96. The predicted molar refractivity (Wildman–Crippen MR) is 62.9 cm³/mol. The maximum absolute atomic E-state index is 3.82. The van der Waals surface area contributed by atoms with Gasteiger partial charge in [0.2, 0.25) is 0 Å². The van der Waals surface area contributed by atoms with Crippen molar-refractivity contribution in [3.63, 3.8) is 0 Å². The Hall–Kier alpha value is -0.960. The van der Waals surface area contributed by atoms with E-state index >= 15 is 0 Å². The Morgan fingerprint density at radius 1 is 1.57 bits per heavy atom. The summed E-state index contributed by atoms with van der Waals surface area (Å²) in [5, 5.41) is 0. The van der Waals surface area contributed by atoms with Crippen LogP contribution in [0.4, 0.5) is 0 Å². The van der Waals surface area contributed by atoms with Crippen molar-refractivity contribution in [3.05, 3.63) is 23.8 Å². The average molecular weight is 188 g/mol. The molecule has 0 aromatic heterocycles. The summed E-state index contributed by atoms with van der Waals surface area (Å²) >= 11 is 0. The van der Waals surface area contributed by atoms with Gasteiger partial charge in [-0.3, -0.25) is 0 Å². The van der Waals surface area contributed by atoms with Crippen LogP contribution >= 0.6 is 0 Å². The molecule has 0 spiro atoms. The van der Waals surface area contributed by atoms with Gasteiger partial charge in [0.05, 0.1) is 0 Å². The molecule has 0 heterocycles. The van der Waals surface area contributed by atoms with Crippen LogP contribution in [0.15, 0.2) is 23.8 Å². The van der Waals surface area contributed by atoms with E-state index in [0.29, 0.717) is 11.3 Å². The Kier molecular flexibility index (Phi) is 3.21. The molecule has 0 fully saturated rings. The Balaban J connectivity index is 2.94. The Morgan fingerprint density at radius 2 is 2.21 bits per heavy atom. The first-order valence-corrected chi connectivity index (χ1v) is 5.27. The zero-order valence-corrected chi connectivity index (χ0v) is 9.78. The molecule has 0 saturated carbocycles. The predicted octanol–water partition coefficient (Wildman–Crippen LogP) is 3.95. The van der Waals surface area contributed by atoms with Gasteiger partial charge in [-0.2, -0.15) is 0 Å². The van der Waals surface area contributed by atoms with Crippen molar-refractivity contribution < 1.29 is 0 Å². The first kappa shape index (κ1) is 11.1. The molecule has 0 nitrogen and oxygen atoms in total. The van der Waals surface area contributed by atoms with E-state index in [1.54, 1.807) is 0 Å². The highest BCUT2D eigenvalue weighted by Crippen LogP contribution is 2.40. The van der Waals surface area contributed by atoms with Crippen molar-refractivity contribution in [1.29, 1.82) is 0 Å². The summed E-state index contributed by atoms with van der Waals surface area (Å²) in [7, 11) is 0. The molecule has 1 unspecified atom stereocenters. The smallest absolute Gasteiger partial charge is 0.0464 e. The van der Waals surface area contributed by atoms with E-state index in [-0.39, 0.29) is 0 Å². The van der Waals surface area contributed by atoms with Crippen LogP contribution in [-0.2, 0) is 0 Å². The molecule has 14 heavy (non-hydrogen) atoms. The van der Waals surface area contributed by atoms with E-state index in [1.165, 1.54) is 18.4 Å². The van der Waals surface area contributed by atoms with Crippen LogP contribution < -0.4 is 0 Å². The quantitative estimate of drug-likeness (QED) is 0.399. The third-order valence-corrected chi connectivity index (χ3v) is 2.92. The van der Waals surface area contributed by atoms with Gasteiger partial charge in [-0.15, -0.1) is 0 Å². The summed E-state index contributed by atoms with van der Waals surface area (Å²) < 4.78 is 0. The van der Waals surface area contributed by atoms with E-state index in [9.17, 15) is 0 Å². The molecule has 1 rings (SSSR count). The SMILES string of the molecule is C=C(C)C#CC1C(C)=CCCC1(C)C. The fraction of sp³-hybridized carbons (Fsp3) is 0.571. The highest BCUT2D eigenvalue weighted by molar-refractivity contribution is 5.31.